The van der Waals surface area contributed by atoms with Crippen molar-refractivity contribution in [2.24, 2.45) is 0 Å². The zero-order valence-electron chi connectivity index (χ0n) is 10.9. The van der Waals surface area contributed by atoms with E-state index < -0.39 is 30.8 Å². The topological polar surface area (TPSA) is 78.9 Å². The molecule has 19 heavy (non-hydrogen) atoms. The van der Waals surface area contributed by atoms with Crippen LogP contribution in [-0.4, -0.2) is 40.9 Å². The molecule has 0 aliphatic heterocycles. The molecule has 0 aliphatic rings. The fourth-order valence-electron chi connectivity index (χ4n) is 0.667. The highest BCUT2D eigenvalue weighted by molar-refractivity contribution is 6.04. The molecular formula is C9H15F3O6Si. The van der Waals surface area contributed by atoms with Crippen molar-refractivity contribution < 1.29 is 41.5 Å². The van der Waals surface area contributed by atoms with E-state index in [2.05, 4.69) is 13.9 Å². The van der Waals surface area contributed by atoms with Crippen molar-refractivity contribution in [3.05, 3.63) is 0 Å². The summed E-state index contributed by atoms with van der Waals surface area (Å²) in [4.78, 5) is 30.3. The number of esters is 2. The van der Waals surface area contributed by atoms with Crippen LogP contribution >= 0.6 is 0 Å². The Kier molecular flexibility index (Phi) is 9.73. The van der Waals surface area contributed by atoms with Gasteiger partial charge in [0.25, 0.3) is 12.3 Å². The maximum atomic E-state index is 11.8. The summed E-state index contributed by atoms with van der Waals surface area (Å²) in [5, 5.41) is 0. The van der Waals surface area contributed by atoms with Crippen LogP contribution in [0.25, 0.3) is 0 Å². The fourth-order valence-corrected chi connectivity index (χ4v) is 0.667. The third-order valence-electron chi connectivity index (χ3n) is 1.28. The zero-order chi connectivity index (χ0) is 15.6. The van der Waals surface area contributed by atoms with E-state index in [9.17, 15) is 27.6 Å². The molecule has 0 N–H and O–H groups in total. The first kappa shape index (κ1) is 19.7. The van der Waals surface area contributed by atoms with Crippen LogP contribution in [0.5, 0.6) is 0 Å². The van der Waals surface area contributed by atoms with Gasteiger partial charge in [0.15, 0.2) is 0 Å². The number of carbonyl (C=O) groups excluding carboxylic acids is 3. The van der Waals surface area contributed by atoms with Crippen molar-refractivity contribution in [3.8, 4) is 0 Å². The number of hydrogen-bond acceptors (Lipinski definition) is 6. The minimum atomic E-state index is -4.56. The molecule has 0 unspecified atom stereocenters. The number of halogens is 3. The summed E-state index contributed by atoms with van der Waals surface area (Å²) < 4.78 is 48.0. The first-order valence-corrected chi connectivity index (χ1v) is 5.75. The van der Waals surface area contributed by atoms with Crippen LogP contribution in [-0.2, 0) is 28.3 Å². The smallest absolute Gasteiger partial charge is 0.396 e. The Morgan fingerprint density at radius 3 is 1.47 bits per heavy atom. The largest absolute Gasteiger partial charge is 0.529 e. The molecular weight excluding hydrogens is 289 g/mol. The van der Waals surface area contributed by atoms with Crippen LogP contribution < -0.4 is 0 Å². The summed E-state index contributed by atoms with van der Waals surface area (Å²) in [6.45, 7) is 3.24. The number of carbonyl (C=O) groups is 3. The molecule has 0 aliphatic carbocycles. The van der Waals surface area contributed by atoms with Gasteiger partial charge in [-0.3, -0.25) is 14.4 Å². The van der Waals surface area contributed by atoms with Gasteiger partial charge in [-0.25, -0.2) is 0 Å². The number of rotatable bonds is 3. The van der Waals surface area contributed by atoms with E-state index in [4.69, 9.17) is 0 Å². The van der Waals surface area contributed by atoms with E-state index in [1.54, 1.807) is 0 Å². The third kappa shape index (κ3) is 19.0. The van der Waals surface area contributed by atoms with Crippen LogP contribution in [0.4, 0.5) is 13.2 Å². The van der Waals surface area contributed by atoms with E-state index in [1.807, 2.05) is 0 Å². The molecule has 6 nitrogen and oxygen atoms in total. The average molecular weight is 304 g/mol. The van der Waals surface area contributed by atoms with Gasteiger partial charge in [-0.15, -0.1) is 0 Å². The molecule has 0 aromatic heterocycles. The molecule has 0 saturated heterocycles. The summed E-state index contributed by atoms with van der Waals surface area (Å²) in [7, 11) is 0.524. The average Bonchev–Trinajstić information content (AvgIpc) is 2.13. The summed E-state index contributed by atoms with van der Waals surface area (Å²) >= 11 is 0. The zero-order valence-corrected chi connectivity index (χ0v) is 12.9. The predicted molar refractivity (Wildman–Crippen MR) is 59.7 cm³/mol. The maximum absolute atomic E-state index is 11.8. The highest BCUT2D eigenvalue weighted by atomic mass is 28.2. The monoisotopic (exact) mass is 304 g/mol. The predicted octanol–water partition coefficient (Wildman–Crippen LogP) is 0.221. The van der Waals surface area contributed by atoms with Crippen LogP contribution in [0.3, 0.4) is 0 Å². The molecule has 0 saturated carbocycles. The second kappa shape index (κ2) is 9.36. The molecule has 0 radical (unpaired) electrons. The van der Waals surface area contributed by atoms with Gasteiger partial charge in [0.1, 0.15) is 6.42 Å². The van der Waals surface area contributed by atoms with Crippen molar-refractivity contribution in [2.45, 2.75) is 39.7 Å². The van der Waals surface area contributed by atoms with Gasteiger partial charge < -0.3 is 13.9 Å². The van der Waals surface area contributed by atoms with Crippen LogP contribution in [0.1, 0.15) is 27.2 Å². The van der Waals surface area contributed by atoms with E-state index in [0.717, 1.165) is 13.8 Å². The van der Waals surface area contributed by atoms with Crippen molar-refractivity contribution in [1.82, 2.24) is 0 Å². The fraction of sp³-hybridized carbons (Fsp3) is 0.667. The molecule has 0 amide bonds. The summed E-state index contributed by atoms with van der Waals surface area (Å²) in [5.41, 5.74) is 0. The lowest BCUT2D eigenvalue weighted by Gasteiger charge is -2.17. The Morgan fingerprint density at radius 2 is 1.32 bits per heavy atom. The quantitative estimate of drug-likeness (QED) is 0.422. The lowest BCUT2D eigenvalue weighted by Crippen LogP contribution is -2.28. The van der Waals surface area contributed by atoms with Gasteiger partial charge >= 0.3 is 18.1 Å². The lowest BCUT2D eigenvalue weighted by atomic mass is 10.4. The normalized spacial score (nSPS) is 10.3. The minimum Gasteiger partial charge on any atom is -0.529 e. The molecule has 0 atom stereocenters. The Bertz CT molecular complexity index is 302. The Labute approximate surface area is 110 Å². The minimum absolute atomic E-state index is 0.184. The Hall–Kier alpha value is -1.58. The summed E-state index contributed by atoms with van der Waals surface area (Å²) in [6.07, 6.45) is -7.97. The van der Waals surface area contributed by atoms with E-state index in [0.29, 0.717) is 10.5 Å². The molecule has 0 bridgehead atoms. The highest BCUT2D eigenvalue weighted by Crippen LogP contribution is 2.23. The molecule has 0 heterocycles. The van der Waals surface area contributed by atoms with E-state index in [1.165, 1.54) is 6.92 Å². The van der Waals surface area contributed by atoms with Gasteiger partial charge in [0, 0.05) is 20.8 Å². The number of ether oxygens (including phenoxy) is 2. The molecule has 112 valence electrons. The van der Waals surface area contributed by atoms with Crippen LogP contribution in [0.15, 0.2) is 0 Å². The van der Waals surface area contributed by atoms with Gasteiger partial charge in [-0.05, 0) is 0 Å². The first-order valence-electron chi connectivity index (χ1n) is 4.93. The van der Waals surface area contributed by atoms with Crippen molar-refractivity contribution in [1.29, 1.82) is 0 Å². The number of alkyl halides is 3. The van der Waals surface area contributed by atoms with Gasteiger partial charge in [-0.2, -0.15) is 13.2 Å². The summed E-state index contributed by atoms with van der Waals surface area (Å²) in [6, 6.07) is 0. The number of hydrogen-bond donors (Lipinski definition) is 0. The van der Waals surface area contributed by atoms with E-state index >= 15 is 0 Å². The molecule has 0 rings (SSSR count). The van der Waals surface area contributed by atoms with Crippen LogP contribution in [0.2, 0.25) is 0 Å². The second-order valence-corrected chi connectivity index (χ2v) is 3.57. The molecule has 0 aromatic carbocycles. The Balaban J connectivity index is 0. The van der Waals surface area contributed by atoms with Crippen molar-refractivity contribution >= 4 is 28.4 Å². The van der Waals surface area contributed by atoms with E-state index in [-0.39, 0.29) is 5.97 Å². The van der Waals surface area contributed by atoms with Gasteiger partial charge in [0.05, 0.1) is 0 Å². The van der Waals surface area contributed by atoms with Crippen LogP contribution in [0, 0.1) is 0 Å². The maximum Gasteiger partial charge on any atom is 0.396 e. The Morgan fingerprint density at radius 1 is 1.00 bits per heavy atom. The molecule has 10 heteroatoms. The SMILES string of the molecule is CC(=O)OC(CC(F)(F)F)OC(C)=O.CC(=O)O[SiH3]. The lowest BCUT2D eigenvalue weighted by molar-refractivity contribution is -0.218. The molecule has 0 spiro atoms. The molecule has 0 fully saturated rings. The standard InChI is InChI=1S/C7H9F3O4.C2H6O2Si/c1-4(11)13-6(14-5(2)12)3-7(8,9)10;1-2(3)4-5/h6H,3H2,1-2H3;1,5H3. The highest BCUT2D eigenvalue weighted by Gasteiger charge is 2.35. The first-order chi connectivity index (χ1) is 8.47. The van der Waals surface area contributed by atoms with Gasteiger partial charge in [0.2, 0.25) is 10.5 Å². The van der Waals surface area contributed by atoms with Crippen molar-refractivity contribution in [2.75, 3.05) is 0 Å². The molecule has 0 aromatic rings. The van der Waals surface area contributed by atoms with Crippen molar-refractivity contribution in [3.63, 3.8) is 0 Å². The second-order valence-electron chi connectivity index (χ2n) is 3.16. The van der Waals surface area contributed by atoms with Gasteiger partial charge in [-0.1, -0.05) is 0 Å². The third-order valence-corrected chi connectivity index (χ3v) is 1.86. The summed E-state index contributed by atoms with van der Waals surface area (Å²) in [5.74, 6) is -2.07.